The predicted molar refractivity (Wildman–Crippen MR) is 86.3 cm³/mol. The minimum absolute atomic E-state index is 0.0786. The Balaban J connectivity index is 2.21. The zero-order valence-corrected chi connectivity index (χ0v) is 13.5. The standard InChI is InChI=1S/C15H14FN3O4S/c1-24(21,22)15-18-13-12(6-8-17-13)14(20)19(15)10-2-4-11(5-3-10)23-9-7-16/h2-6,8,17H,7,9H2,1H3. The van der Waals surface area contributed by atoms with Crippen LogP contribution in [0.1, 0.15) is 0 Å². The van der Waals surface area contributed by atoms with E-state index >= 15 is 0 Å². The van der Waals surface area contributed by atoms with Gasteiger partial charge in [-0.15, -0.1) is 0 Å². The third-order valence-corrected chi connectivity index (χ3v) is 4.27. The first-order valence-corrected chi connectivity index (χ1v) is 8.90. The lowest BCUT2D eigenvalue weighted by Gasteiger charge is -2.12. The number of nitrogens with one attached hydrogen (secondary N) is 1. The van der Waals surface area contributed by atoms with Crippen molar-refractivity contribution in [3.8, 4) is 11.4 Å². The van der Waals surface area contributed by atoms with E-state index in [1.165, 1.54) is 36.5 Å². The zero-order chi connectivity index (χ0) is 17.3. The van der Waals surface area contributed by atoms with E-state index in [1.807, 2.05) is 0 Å². The van der Waals surface area contributed by atoms with Crippen LogP contribution in [0.5, 0.6) is 5.75 Å². The first kappa shape index (κ1) is 16.2. The molecule has 126 valence electrons. The molecular formula is C15H14FN3O4S. The number of aromatic amines is 1. The third-order valence-electron chi connectivity index (χ3n) is 3.33. The summed E-state index contributed by atoms with van der Waals surface area (Å²) in [5, 5.41) is -0.0833. The van der Waals surface area contributed by atoms with Crippen LogP contribution in [0.4, 0.5) is 4.39 Å². The highest BCUT2D eigenvalue weighted by molar-refractivity contribution is 7.90. The number of halogens is 1. The van der Waals surface area contributed by atoms with Gasteiger partial charge in [0.1, 0.15) is 24.7 Å². The van der Waals surface area contributed by atoms with Crippen LogP contribution in [-0.4, -0.2) is 42.5 Å². The maximum absolute atomic E-state index is 12.7. The van der Waals surface area contributed by atoms with Crippen LogP contribution >= 0.6 is 0 Å². The third kappa shape index (κ3) is 2.90. The first-order valence-electron chi connectivity index (χ1n) is 7.01. The Morgan fingerprint density at radius 3 is 2.58 bits per heavy atom. The summed E-state index contributed by atoms with van der Waals surface area (Å²) in [5.41, 5.74) is 0.0299. The van der Waals surface area contributed by atoms with Crippen molar-refractivity contribution in [3.63, 3.8) is 0 Å². The Morgan fingerprint density at radius 1 is 1.25 bits per heavy atom. The highest BCUT2D eigenvalue weighted by Gasteiger charge is 2.21. The molecule has 0 bridgehead atoms. The molecule has 0 amide bonds. The number of benzene rings is 1. The van der Waals surface area contributed by atoms with Crippen molar-refractivity contribution in [2.45, 2.75) is 5.16 Å². The SMILES string of the molecule is CS(=O)(=O)c1nc2[nH]ccc2c(=O)n1-c1ccc(OCCF)cc1. The Morgan fingerprint density at radius 2 is 1.96 bits per heavy atom. The average Bonchev–Trinajstić information content (AvgIpc) is 3.02. The molecule has 0 spiro atoms. The molecule has 2 heterocycles. The fourth-order valence-electron chi connectivity index (χ4n) is 2.30. The number of alkyl halides is 1. The van der Waals surface area contributed by atoms with E-state index < -0.39 is 22.1 Å². The number of hydrogen-bond acceptors (Lipinski definition) is 5. The molecule has 0 saturated heterocycles. The maximum atomic E-state index is 12.7. The van der Waals surface area contributed by atoms with E-state index in [0.717, 1.165) is 10.8 Å². The summed E-state index contributed by atoms with van der Waals surface area (Å²) in [6.07, 6.45) is 2.50. The predicted octanol–water partition coefficient (Wildman–Crippen LogP) is 1.47. The molecule has 7 nitrogen and oxygen atoms in total. The van der Waals surface area contributed by atoms with E-state index in [1.54, 1.807) is 0 Å². The molecular weight excluding hydrogens is 337 g/mol. The van der Waals surface area contributed by atoms with Crippen molar-refractivity contribution in [1.82, 2.24) is 14.5 Å². The smallest absolute Gasteiger partial charge is 0.268 e. The van der Waals surface area contributed by atoms with Crippen LogP contribution in [0.3, 0.4) is 0 Å². The van der Waals surface area contributed by atoms with Gasteiger partial charge in [0, 0.05) is 12.5 Å². The van der Waals surface area contributed by atoms with Crippen LogP contribution in [0.15, 0.2) is 46.5 Å². The van der Waals surface area contributed by atoms with E-state index in [9.17, 15) is 17.6 Å². The van der Waals surface area contributed by atoms with Crippen LogP contribution in [0.2, 0.25) is 0 Å². The fourth-order valence-corrected chi connectivity index (χ4v) is 3.08. The second-order valence-electron chi connectivity index (χ2n) is 5.08. The first-order chi connectivity index (χ1) is 11.4. The number of aromatic nitrogens is 3. The number of H-pyrrole nitrogens is 1. The fraction of sp³-hybridized carbons (Fsp3) is 0.200. The Hall–Kier alpha value is -2.68. The molecule has 3 rings (SSSR count). The number of hydrogen-bond donors (Lipinski definition) is 1. The van der Waals surface area contributed by atoms with Crippen LogP contribution in [0.25, 0.3) is 16.7 Å². The summed E-state index contributed by atoms with van der Waals surface area (Å²) in [4.78, 5) is 19.5. The summed E-state index contributed by atoms with van der Waals surface area (Å²) >= 11 is 0. The van der Waals surface area contributed by atoms with Gasteiger partial charge >= 0.3 is 0 Å². The molecule has 9 heteroatoms. The maximum Gasteiger partial charge on any atom is 0.268 e. The highest BCUT2D eigenvalue weighted by atomic mass is 32.2. The molecule has 0 atom stereocenters. The van der Waals surface area contributed by atoms with Gasteiger partial charge in [0.25, 0.3) is 5.56 Å². The Kier molecular flexibility index (Phi) is 4.10. The molecule has 3 aromatic rings. The van der Waals surface area contributed by atoms with Crippen LogP contribution in [0, 0.1) is 0 Å². The molecule has 2 aromatic heterocycles. The molecule has 1 N–H and O–H groups in total. The number of fused-ring (bicyclic) bond motifs is 1. The summed E-state index contributed by atoms with van der Waals surface area (Å²) in [6, 6.07) is 7.63. The van der Waals surface area contributed by atoms with Gasteiger partial charge in [-0.25, -0.2) is 17.8 Å². The van der Waals surface area contributed by atoms with Crippen molar-refractivity contribution >= 4 is 20.9 Å². The van der Waals surface area contributed by atoms with Gasteiger partial charge in [-0.2, -0.15) is 0 Å². The van der Waals surface area contributed by atoms with Gasteiger partial charge in [0.15, 0.2) is 0 Å². The zero-order valence-electron chi connectivity index (χ0n) is 12.7. The Bertz CT molecular complexity index is 1040. The van der Waals surface area contributed by atoms with Crippen molar-refractivity contribution in [2.24, 2.45) is 0 Å². The van der Waals surface area contributed by atoms with E-state index in [0.29, 0.717) is 11.4 Å². The largest absolute Gasteiger partial charge is 0.491 e. The normalized spacial score (nSPS) is 11.8. The Labute approximate surface area is 136 Å². The van der Waals surface area contributed by atoms with E-state index in [4.69, 9.17) is 4.74 Å². The van der Waals surface area contributed by atoms with E-state index in [-0.39, 0.29) is 22.8 Å². The average molecular weight is 351 g/mol. The minimum atomic E-state index is -3.75. The lowest BCUT2D eigenvalue weighted by molar-refractivity contribution is 0.273. The lowest BCUT2D eigenvalue weighted by Crippen LogP contribution is -2.25. The molecule has 0 fully saturated rings. The van der Waals surface area contributed by atoms with Crippen LogP contribution in [-0.2, 0) is 9.84 Å². The molecule has 0 saturated carbocycles. The topological polar surface area (TPSA) is 94.0 Å². The van der Waals surface area contributed by atoms with Gasteiger partial charge in [0.2, 0.25) is 15.0 Å². The van der Waals surface area contributed by atoms with Crippen molar-refractivity contribution in [2.75, 3.05) is 19.5 Å². The minimum Gasteiger partial charge on any atom is -0.491 e. The van der Waals surface area contributed by atoms with Gasteiger partial charge in [-0.05, 0) is 30.3 Å². The summed E-state index contributed by atoms with van der Waals surface area (Å²) < 4.78 is 42.4. The molecule has 0 aliphatic rings. The van der Waals surface area contributed by atoms with Crippen molar-refractivity contribution < 1.29 is 17.5 Å². The number of rotatable bonds is 5. The molecule has 0 radical (unpaired) electrons. The van der Waals surface area contributed by atoms with Crippen molar-refractivity contribution in [1.29, 1.82) is 0 Å². The molecule has 0 aliphatic carbocycles. The molecule has 0 unspecified atom stereocenters. The molecule has 1 aromatic carbocycles. The summed E-state index contributed by atoms with van der Waals surface area (Å²) in [5.74, 6) is 0.418. The lowest BCUT2D eigenvalue weighted by atomic mass is 10.3. The quantitative estimate of drug-likeness (QED) is 0.703. The highest BCUT2D eigenvalue weighted by Crippen LogP contribution is 2.19. The van der Waals surface area contributed by atoms with Gasteiger partial charge < -0.3 is 9.72 Å². The monoisotopic (exact) mass is 351 g/mol. The second-order valence-corrected chi connectivity index (χ2v) is 6.99. The van der Waals surface area contributed by atoms with Gasteiger partial charge in [-0.3, -0.25) is 9.36 Å². The number of nitrogens with zero attached hydrogens (tertiary/aromatic N) is 2. The summed E-state index contributed by atoms with van der Waals surface area (Å²) in [6.45, 7) is -0.696. The van der Waals surface area contributed by atoms with Gasteiger partial charge in [-0.1, -0.05) is 0 Å². The van der Waals surface area contributed by atoms with Gasteiger partial charge in [0.05, 0.1) is 11.1 Å². The molecule has 0 aliphatic heterocycles. The second kappa shape index (κ2) is 6.08. The molecule has 24 heavy (non-hydrogen) atoms. The summed E-state index contributed by atoms with van der Waals surface area (Å²) in [7, 11) is -3.75. The van der Waals surface area contributed by atoms with Crippen molar-refractivity contribution in [3.05, 3.63) is 46.9 Å². The van der Waals surface area contributed by atoms with Crippen LogP contribution < -0.4 is 10.3 Å². The number of sulfone groups is 1. The number of ether oxygens (including phenoxy) is 1. The van der Waals surface area contributed by atoms with E-state index in [2.05, 4.69) is 9.97 Å².